The fraction of sp³-hybridized carbons (Fsp3) is 0.455. The van der Waals surface area contributed by atoms with Crippen LogP contribution in [0.15, 0.2) is 18.2 Å². The Labute approximate surface area is 101 Å². The third-order valence-electron chi connectivity index (χ3n) is 2.13. The second-order valence-electron chi connectivity index (χ2n) is 3.74. The first kappa shape index (κ1) is 13.6. The predicted octanol–water partition coefficient (Wildman–Crippen LogP) is 1.09. The molecule has 0 radical (unpaired) electrons. The van der Waals surface area contributed by atoms with Gasteiger partial charge in [-0.3, -0.25) is 0 Å². The van der Waals surface area contributed by atoms with E-state index in [1.54, 1.807) is 18.2 Å². The lowest BCUT2D eigenvalue weighted by atomic mass is 10.3. The number of sulfone groups is 1. The number of nitrogen functional groups attached to an aromatic ring is 1. The zero-order valence-corrected chi connectivity index (χ0v) is 10.8. The maximum Gasteiger partial charge on any atom is 0.147 e. The largest absolute Gasteiger partial charge is 0.494 e. The van der Waals surface area contributed by atoms with Crippen LogP contribution < -0.4 is 15.2 Å². The van der Waals surface area contributed by atoms with Gasteiger partial charge in [0.25, 0.3) is 0 Å². The van der Waals surface area contributed by atoms with Gasteiger partial charge in [0.05, 0.1) is 25.2 Å². The van der Waals surface area contributed by atoms with E-state index in [9.17, 15) is 8.42 Å². The predicted molar refractivity (Wildman–Crippen MR) is 67.2 cm³/mol. The molecule has 1 aromatic rings. The Morgan fingerprint density at radius 2 is 2.06 bits per heavy atom. The summed E-state index contributed by atoms with van der Waals surface area (Å²) in [6.45, 7) is 0.347. The van der Waals surface area contributed by atoms with Crippen molar-refractivity contribution in [3.63, 3.8) is 0 Å². The SMILES string of the molecule is COc1cc(OCCCS(C)(=O)=O)ccc1N. The van der Waals surface area contributed by atoms with Crippen LogP contribution in [0, 0.1) is 0 Å². The maximum absolute atomic E-state index is 10.9. The molecule has 0 bridgehead atoms. The molecule has 0 fully saturated rings. The highest BCUT2D eigenvalue weighted by atomic mass is 32.2. The normalized spacial score (nSPS) is 11.2. The number of rotatable bonds is 6. The highest BCUT2D eigenvalue weighted by molar-refractivity contribution is 7.90. The number of methoxy groups -OCH3 is 1. The van der Waals surface area contributed by atoms with Crippen LogP contribution in [0.4, 0.5) is 5.69 Å². The van der Waals surface area contributed by atoms with Crippen LogP contribution in [0.25, 0.3) is 0 Å². The van der Waals surface area contributed by atoms with Crippen molar-refractivity contribution in [1.29, 1.82) is 0 Å². The molecule has 96 valence electrons. The topological polar surface area (TPSA) is 78.6 Å². The van der Waals surface area contributed by atoms with Crippen molar-refractivity contribution >= 4 is 15.5 Å². The van der Waals surface area contributed by atoms with Gasteiger partial charge in [0.15, 0.2) is 0 Å². The van der Waals surface area contributed by atoms with Crippen LogP contribution in [0.1, 0.15) is 6.42 Å². The van der Waals surface area contributed by atoms with E-state index in [0.29, 0.717) is 30.2 Å². The number of benzene rings is 1. The minimum Gasteiger partial charge on any atom is -0.494 e. The molecule has 1 aromatic carbocycles. The molecule has 0 atom stereocenters. The summed E-state index contributed by atoms with van der Waals surface area (Å²) in [5.41, 5.74) is 6.19. The minimum absolute atomic E-state index is 0.124. The molecule has 0 saturated carbocycles. The molecular formula is C11H17NO4S. The molecular weight excluding hydrogens is 242 g/mol. The molecule has 6 heteroatoms. The zero-order chi connectivity index (χ0) is 12.9. The summed E-state index contributed by atoms with van der Waals surface area (Å²) in [4.78, 5) is 0. The highest BCUT2D eigenvalue weighted by Gasteiger charge is 2.04. The van der Waals surface area contributed by atoms with Gasteiger partial charge in [-0.15, -0.1) is 0 Å². The van der Waals surface area contributed by atoms with Crippen molar-refractivity contribution in [2.75, 3.05) is 31.5 Å². The molecule has 0 unspecified atom stereocenters. The summed E-state index contributed by atoms with van der Waals surface area (Å²) in [7, 11) is -1.40. The van der Waals surface area contributed by atoms with Crippen molar-refractivity contribution in [2.45, 2.75) is 6.42 Å². The molecule has 2 N–H and O–H groups in total. The maximum atomic E-state index is 10.9. The summed E-state index contributed by atoms with van der Waals surface area (Å²) < 4.78 is 32.2. The van der Waals surface area contributed by atoms with Gasteiger partial charge in [-0.1, -0.05) is 0 Å². The molecule has 17 heavy (non-hydrogen) atoms. The molecule has 0 spiro atoms. The van der Waals surface area contributed by atoms with E-state index in [2.05, 4.69) is 0 Å². The number of anilines is 1. The first-order valence-electron chi connectivity index (χ1n) is 5.16. The summed E-state index contributed by atoms with van der Waals surface area (Å²) in [5.74, 6) is 1.29. The van der Waals surface area contributed by atoms with Crippen molar-refractivity contribution in [1.82, 2.24) is 0 Å². The Morgan fingerprint density at radius 3 is 2.65 bits per heavy atom. The van der Waals surface area contributed by atoms with Gasteiger partial charge in [0.2, 0.25) is 0 Å². The molecule has 5 nitrogen and oxygen atoms in total. The highest BCUT2D eigenvalue weighted by Crippen LogP contribution is 2.26. The van der Waals surface area contributed by atoms with Crippen LogP contribution in [0.5, 0.6) is 11.5 Å². The average molecular weight is 259 g/mol. The number of nitrogens with two attached hydrogens (primary N) is 1. The summed E-state index contributed by atoms with van der Waals surface area (Å²) in [5, 5.41) is 0. The quantitative estimate of drug-likeness (QED) is 0.611. The van der Waals surface area contributed by atoms with Gasteiger partial charge in [-0.2, -0.15) is 0 Å². The Kier molecular flexibility index (Phi) is 4.62. The first-order chi connectivity index (χ1) is 7.92. The minimum atomic E-state index is -2.92. The van der Waals surface area contributed by atoms with E-state index in [4.69, 9.17) is 15.2 Å². The molecule has 1 rings (SSSR count). The fourth-order valence-electron chi connectivity index (χ4n) is 1.29. The van der Waals surface area contributed by atoms with E-state index < -0.39 is 9.84 Å². The van der Waals surface area contributed by atoms with Gasteiger partial charge < -0.3 is 15.2 Å². The Hall–Kier alpha value is -1.43. The second-order valence-corrected chi connectivity index (χ2v) is 6.00. The Morgan fingerprint density at radius 1 is 1.35 bits per heavy atom. The van der Waals surface area contributed by atoms with E-state index in [1.165, 1.54) is 13.4 Å². The van der Waals surface area contributed by atoms with Crippen LogP contribution in [-0.2, 0) is 9.84 Å². The molecule has 0 aliphatic rings. The molecule has 0 aliphatic heterocycles. The lowest BCUT2D eigenvalue weighted by Crippen LogP contribution is -2.08. The van der Waals surface area contributed by atoms with Crippen molar-refractivity contribution in [2.24, 2.45) is 0 Å². The monoisotopic (exact) mass is 259 g/mol. The van der Waals surface area contributed by atoms with Crippen LogP contribution in [0.3, 0.4) is 0 Å². The Bertz CT molecular complexity index is 470. The fourth-order valence-corrected chi connectivity index (χ4v) is 1.93. The molecule has 0 aromatic heterocycles. The van der Waals surface area contributed by atoms with Crippen molar-refractivity contribution in [3.8, 4) is 11.5 Å². The van der Waals surface area contributed by atoms with E-state index >= 15 is 0 Å². The summed E-state index contributed by atoms with van der Waals surface area (Å²) >= 11 is 0. The van der Waals surface area contributed by atoms with Gasteiger partial charge in [0.1, 0.15) is 21.3 Å². The molecule has 0 aliphatic carbocycles. The lowest BCUT2D eigenvalue weighted by Gasteiger charge is -2.09. The van der Waals surface area contributed by atoms with E-state index in [-0.39, 0.29) is 5.75 Å². The number of ether oxygens (including phenoxy) is 2. The molecule has 0 saturated heterocycles. The van der Waals surface area contributed by atoms with Crippen molar-refractivity contribution < 1.29 is 17.9 Å². The van der Waals surface area contributed by atoms with Gasteiger partial charge >= 0.3 is 0 Å². The third kappa shape index (κ3) is 4.95. The lowest BCUT2D eigenvalue weighted by molar-refractivity contribution is 0.315. The standard InChI is InChI=1S/C11H17NO4S/c1-15-11-8-9(4-5-10(11)12)16-6-3-7-17(2,13)14/h4-5,8H,3,6-7,12H2,1-2H3. The number of hydrogen-bond acceptors (Lipinski definition) is 5. The van der Waals surface area contributed by atoms with Gasteiger partial charge in [-0.25, -0.2) is 8.42 Å². The van der Waals surface area contributed by atoms with Crippen LogP contribution in [-0.4, -0.2) is 34.1 Å². The first-order valence-corrected chi connectivity index (χ1v) is 7.22. The summed E-state index contributed by atoms with van der Waals surface area (Å²) in [6, 6.07) is 5.08. The molecule has 0 heterocycles. The average Bonchev–Trinajstić information content (AvgIpc) is 2.25. The smallest absolute Gasteiger partial charge is 0.147 e. The molecule has 0 amide bonds. The van der Waals surface area contributed by atoms with E-state index in [0.717, 1.165) is 0 Å². The van der Waals surface area contributed by atoms with Crippen LogP contribution >= 0.6 is 0 Å². The van der Waals surface area contributed by atoms with Crippen molar-refractivity contribution in [3.05, 3.63) is 18.2 Å². The van der Waals surface area contributed by atoms with Gasteiger partial charge in [-0.05, 0) is 18.6 Å². The number of hydrogen-bond donors (Lipinski definition) is 1. The second kappa shape index (κ2) is 5.77. The Balaban J connectivity index is 2.47. The summed E-state index contributed by atoms with van der Waals surface area (Å²) in [6.07, 6.45) is 1.67. The van der Waals surface area contributed by atoms with Crippen LogP contribution in [0.2, 0.25) is 0 Å². The zero-order valence-electron chi connectivity index (χ0n) is 9.97. The van der Waals surface area contributed by atoms with Gasteiger partial charge in [0, 0.05) is 12.3 Å². The van der Waals surface area contributed by atoms with E-state index in [1.807, 2.05) is 0 Å². The third-order valence-corrected chi connectivity index (χ3v) is 3.16.